The summed E-state index contributed by atoms with van der Waals surface area (Å²) >= 11 is 1.42. The predicted octanol–water partition coefficient (Wildman–Crippen LogP) is 4.57. The van der Waals surface area contributed by atoms with Crippen LogP contribution < -0.4 is 14.8 Å². The molecule has 152 valence electrons. The number of para-hydroxylation sites is 1. The van der Waals surface area contributed by atoms with Crippen molar-refractivity contribution in [1.29, 1.82) is 0 Å². The van der Waals surface area contributed by atoms with Gasteiger partial charge in [-0.15, -0.1) is 11.3 Å². The average Bonchev–Trinajstić information content (AvgIpc) is 3.40. The third-order valence-electron chi connectivity index (χ3n) is 4.49. The van der Waals surface area contributed by atoms with Gasteiger partial charge < -0.3 is 9.47 Å². The number of ether oxygens (including phenoxy) is 2. The molecule has 4 aromatic rings. The summed E-state index contributed by atoms with van der Waals surface area (Å²) in [6.07, 6.45) is 3.44. The molecule has 1 amide bonds. The number of amides is 1. The van der Waals surface area contributed by atoms with E-state index >= 15 is 0 Å². The van der Waals surface area contributed by atoms with Crippen molar-refractivity contribution < 1.29 is 14.3 Å². The summed E-state index contributed by atoms with van der Waals surface area (Å²) in [6, 6.07) is 15.0. The van der Waals surface area contributed by atoms with E-state index in [2.05, 4.69) is 10.3 Å². The van der Waals surface area contributed by atoms with Crippen LogP contribution in [0.15, 0.2) is 60.9 Å². The normalized spacial score (nSPS) is 10.6. The largest absolute Gasteiger partial charge is 0.497 e. The van der Waals surface area contributed by atoms with Crippen LogP contribution in [0.1, 0.15) is 15.2 Å². The van der Waals surface area contributed by atoms with Crippen molar-refractivity contribution in [2.45, 2.75) is 6.92 Å². The van der Waals surface area contributed by atoms with E-state index in [4.69, 9.17) is 14.6 Å². The maximum atomic E-state index is 13.1. The van der Waals surface area contributed by atoms with Gasteiger partial charge in [-0.3, -0.25) is 10.1 Å². The summed E-state index contributed by atoms with van der Waals surface area (Å²) in [5.41, 5.74) is 2.45. The standard InChI is InChI=1S/C22H20N4O3S/c1-14-12-23-22(30-14)24-21(27)18-13-26(15-7-5-4-6-8-15)25-20(18)17-10-9-16(28-2)11-19(17)29-3/h4-13H,1-3H3,(H,23,24,27). The Kier molecular flexibility index (Phi) is 5.49. The second-order valence-corrected chi connectivity index (χ2v) is 7.70. The van der Waals surface area contributed by atoms with Gasteiger partial charge in [-0.1, -0.05) is 18.2 Å². The number of carbonyl (C=O) groups is 1. The van der Waals surface area contributed by atoms with Gasteiger partial charge >= 0.3 is 0 Å². The van der Waals surface area contributed by atoms with Gasteiger partial charge in [0.25, 0.3) is 5.91 Å². The number of hydrogen-bond donors (Lipinski definition) is 1. The number of benzene rings is 2. The molecule has 0 spiro atoms. The van der Waals surface area contributed by atoms with Gasteiger partial charge in [-0.2, -0.15) is 5.10 Å². The molecule has 0 bridgehead atoms. The summed E-state index contributed by atoms with van der Waals surface area (Å²) in [5.74, 6) is 0.925. The zero-order valence-corrected chi connectivity index (χ0v) is 17.6. The summed E-state index contributed by atoms with van der Waals surface area (Å²) in [7, 11) is 3.16. The SMILES string of the molecule is COc1ccc(-c2nn(-c3ccccc3)cc2C(=O)Nc2ncc(C)s2)c(OC)c1. The lowest BCUT2D eigenvalue weighted by atomic mass is 10.1. The van der Waals surface area contributed by atoms with Crippen LogP contribution in [-0.4, -0.2) is 34.9 Å². The molecule has 0 saturated heterocycles. The Balaban J connectivity index is 1.82. The molecule has 8 heteroatoms. The topological polar surface area (TPSA) is 78.3 Å². The molecule has 0 aliphatic rings. The zero-order chi connectivity index (χ0) is 21.1. The molecule has 0 unspecified atom stereocenters. The number of hydrogen-bond acceptors (Lipinski definition) is 6. The smallest absolute Gasteiger partial charge is 0.261 e. The fraction of sp³-hybridized carbons (Fsp3) is 0.136. The fourth-order valence-corrected chi connectivity index (χ4v) is 3.68. The van der Waals surface area contributed by atoms with Crippen LogP contribution in [0, 0.1) is 6.92 Å². The van der Waals surface area contributed by atoms with Crippen molar-refractivity contribution in [2.75, 3.05) is 19.5 Å². The summed E-state index contributed by atoms with van der Waals surface area (Å²) < 4.78 is 12.5. The zero-order valence-electron chi connectivity index (χ0n) is 16.7. The monoisotopic (exact) mass is 420 g/mol. The molecule has 0 fully saturated rings. The molecular formula is C22H20N4O3S. The van der Waals surface area contributed by atoms with E-state index in [-0.39, 0.29) is 5.91 Å². The van der Waals surface area contributed by atoms with Crippen molar-refractivity contribution in [3.05, 3.63) is 71.4 Å². The van der Waals surface area contributed by atoms with E-state index in [9.17, 15) is 4.79 Å². The second-order valence-electron chi connectivity index (χ2n) is 6.47. The third kappa shape index (κ3) is 3.90. The highest BCUT2D eigenvalue weighted by molar-refractivity contribution is 7.15. The molecule has 2 heterocycles. The Bertz CT molecular complexity index is 1180. The Labute approximate surface area is 177 Å². The van der Waals surface area contributed by atoms with Crippen LogP contribution in [-0.2, 0) is 0 Å². The highest BCUT2D eigenvalue weighted by atomic mass is 32.1. The highest BCUT2D eigenvalue weighted by Crippen LogP contribution is 2.35. The molecule has 0 aliphatic carbocycles. The molecule has 0 aliphatic heterocycles. The lowest BCUT2D eigenvalue weighted by Crippen LogP contribution is -2.12. The molecule has 4 rings (SSSR count). The number of anilines is 1. The van der Waals surface area contributed by atoms with Crippen LogP contribution in [0.5, 0.6) is 11.5 Å². The Hall–Kier alpha value is -3.65. The molecular weight excluding hydrogens is 400 g/mol. The number of aromatic nitrogens is 3. The number of thiazole rings is 1. The molecule has 2 aromatic carbocycles. The predicted molar refractivity (Wildman–Crippen MR) is 117 cm³/mol. The lowest BCUT2D eigenvalue weighted by molar-refractivity contribution is 0.102. The number of methoxy groups -OCH3 is 2. The van der Waals surface area contributed by atoms with E-state index in [0.717, 1.165) is 10.6 Å². The minimum Gasteiger partial charge on any atom is -0.497 e. The maximum absolute atomic E-state index is 13.1. The summed E-state index contributed by atoms with van der Waals surface area (Å²) in [6.45, 7) is 1.94. The van der Waals surface area contributed by atoms with Gasteiger partial charge in [0.2, 0.25) is 0 Å². The van der Waals surface area contributed by atoms with Crippen molar-refractivity contribution in [3.63, 3.8) is 0 Å². The minimum absolute atomic E-state index is 0.292. The van der Waals surface area contributed by atoms with Gasteiger partial charge in [-0.25, -0.2) is 9.67 Å². The van der Waals surface area contributed by atoms with Crippen molar-refractivity contribution in [1.82, 2.24) is 14.8 Å². The Morgan fingerprint density at radius 3 is 2.57 bits per heavy atom. The maximum Gasteiger partial charge on any atom is 0.261 e. The van der Waals surface area contributed by atoms with Gasteiger partial charge in [0.05, 0.1) is 25.5 Å². The quantitative estimate of drug-likeness (QED) is 0.494. The summed E-state index contributed by atoms with van der Waals surface area (Å²) in [4.78, 5) is 18.4. The van der Waals surface area contributed by atoms with E-state index in [0.29, 0.717) is 33.5 Å². The van der Waals surface area contributed by atoms with Crippen LogP contribution in [0.3, 0.4) is 0 Å². The van der Waals surface area contributed by atoms with Crippen molar-refractivity contribution in [3.8, 4) is 28.4 Å². The van der Waals surface area contributed by atoms with E-state index < -0.39 is 0 Å². The molecule has 1 N–H and O–H groups in total. The molecule has 30 heavy (non-hydrogen) atoms. The van der Waals surface area contributed by atoms with Crippen LogP contribution in [0.2, 0.25) is 0 Å². The first kappa shape index (κ1) is 19.7. The lowest BCUT2D eigenvalue weighted by Gasteiger charge is -2.10. The number of nitrogens with zero attached hydrogens (tertiary/aromatic N) is 3. The van der Waals surface area contributed by atoms with E-state index in [1.54, 1.807) is 37.4 Å². The van der Waals surface area contributed by atoms with E-state index in [1.807, 2.05) is 49.4 Å². The molecule has 2 aromatic heterocycles. The Morgan fingerprint density at radius 1 is 1.10 bits per heavy atom. The number of aryl methyl sites for hydroxylation is 1. The second kappa shape index (κ2) is 8.38. The van der Waals surface area contributed by atoms with Crippen LogP contribution in [0.4, 0.5) is 5.13 Å². The van der Waals surface area contributed by atoms with Crippen molar-refractivity contribution >= 4 is 22.4 Å². The fourth-order valence-electron chi connectivity index (χ4n) is 3.02. The highest BCUT2D eigenvalue weighted by Gasteiger charge is 2.22. The average molecular weight is 420 g/mol. The van der Waals surface area contributed by atoms with Gasteiger partial charge in [-0.05, 0) is 31.2 Å². The first-order valence-corrected chi connectivity index (χ1v) is 10.0. The van der Waals surface area contributed by atoms with Crippen LogP contribution in [0.25, 0.3) is 16.9 Å². The summed E-state index contributed by atoms with van der Waals surface area (Å²) in [5, 5.41) is 8.10. The Morgan fingerprint density at radius 2 is 1.90 bits per heavy atom. The van der Waals surface area contributed by atoms with Gasteiger partial charge in [0.15, 0.2) is 5.13 Å². The molecule has 0 radical (unpaired) electrons. The van der Waals surface area contributed by atoms with Gasteiger partial charge in [0, 0.05) is 28.9 Å². The first-order chi connectivity index (χ1) is 14.6. The number of nitrogens with one attached hydrogen (secondary N) is 1. The van der Waals surface area contributed by atoms with E-state index in [1.165, 1.54) is 11.3 Å². The number of carbonyl (C=O) groups excluding carboxylic acids is 1. The minimum atomic E-state index is -0.292. The van der Waals surface area contributed by atoms with Gasteiger partial charge in [0.1, 0.15) is 17.2 Å². The number of rotatable bonds is 6. The molecule has 0 atom stereocenters. The molecule has 7 nitrogen and oxygen atoms in total. The molecule has 0 saturated carbocycles. The third-order valence-corrected chi connectivity index (χ3v) is 5.31. The first-order valence-electron chi connectivity index (χ1n) is 9.20. The van der Waals surface area contributed by atoms with Crippen molar-refractivity contribution in [2.24, 2.45) is 0 Å². The van der Waals surface area contributed by atoms with Crippen LogP contribution >= 0.6 is 11.3 Å².